The number of nitrogens with zero attached hydrogens (tertiary/aromatic N) is 3. The van der Waals surface area contributed by atoms with Crippen molar-refractivity contribution in [1.29, 1.82) is 0 Å². The SMILES string of the molecule is Cc1cc(OCc2n[nH]c3ncccc23)c(-c2cccc(C(=O)N(C)C)c2)cc1Cl. The van der Waals surface area contributed by atoms with E-state index in [1.165, 1.54) is 0 Å². The zero-order valence-corrected chi connectivity index (χ0v) is 17.7. The molecular formula is C23H21ClN4O2. The third kappa shape index (κ3) is 3.86. The van der Waals surface area contributed by atoms with Gasteiger partial charge in [-0.2, -0.15) is 5.10 Å². The molecular weight excluding hydrogens is 400 g/mol. The Kier molecular flexibility index (Phi) is 5.42. The number of aryl methyl sites for hydroxylation is 1. The Hall–Kier alpha value is -3.38. The van der Waals surface area contributed by atoms with Crippen LogP contribution in [-0.4, -0.2) is 40.1 Å². The lowest BCUT2D eigenvalue weighted by Crippen LogP contribution is -2.21. The number of amides is 1. The highest BCUT2D eigenvalue weighted by atomic mass is 35.5. The number of rotatable bonds is 5. The van der Waals surface area contributed by atoms with Crippen molar-refractivity contribution >= 4 is 28.5 Å². The predicted molar refractivity (Wildman–Crippen MR) is 118 cm³/mol. The van der Waals surface area contributed by atoms with Gasteiger partial charge in [-0.25, -0.2) is 4.98 Å². The molecule has 0 aliphatic heterocycles. The summed E-state index contributed by atoms with van der Waals surface area (Å²) in [6, 6.07) is 15.0. The van der Waals surface area contributed by atoms with E-state index >= 15 is 0 Å². The largest absolute Gasteiger partial charge is 0.487 e. The van der Waals surface area contributed by atoms with Crippen LogP contribution in [0.25, 0.3) is 22.2 Å². The lowest BCUT2D eigenvalue weighted by atomic mass is 10.00. The normalized spacial score (nSPS) is 10.9. The summed E-state index contributed by atoms with van der Waals surface area (Å²) in [5.74, 6) is 0.611. The van der Waals surface area contributed by atoms with Gasteiger partial charge in [-0.15, -0.1) is 0 Å². The summed E-state index contributed by atoms with van der Waals surface area (Å²) in [5.41, 5.74) is 4.67. The fraction of sp³-hybridized carbons (Fsp3) is 0.174. The van der Waals surface area contributed by atoms with E-state index in [9.17, 15) is 4.79 Å². The zero-order valence-electron chi connectivity index (χ0n) is 16.9. The van der Waals surface area contributed by atoms with Crippen molar-refractivity contribution in [3.63, 3.8) is 0 Å². The molecule has 2 heterocycles. The van der Waals surface area contributed by atoms with E-state index in [0.29, 0.717) is 16.3 Å². The summed E-state index contributed by atoms with van der Waals surface area (Å²) in [6.45, 7) is 2.20. The molecule has 1 N–H and O–H groups in total. The van der Waals surface area contributed by atoms with E-state index in [1.54, 1.807) is 31.3 Å². The zero-order chi connectivity index (χ0) is 21.3. The van der Waals surface area contributed by atoms with E-state index in [0.717, 1.165) is 33.4 Å². The molecule has 0 saturated heterocycles. The van der Waals surface area contributed by atoms with Crippen LogP contribution >= 0.6 is 11.6 Å². The molecule has 2 aromatic heterocycles. The van der Waals surface area contributed by atoms with Crippen LogP contribution in [0.3, 0.4) is 0 Å². The summed E-state index contributed by atoms with van der Waals surface area (Å²) < 4.78 is 6.16. The Bertz CT molecular complexity index is 1230. The van der Waals surface area contributed by atoms with Crippen molar-refractivity contribution in [2.75, 3.05) is 14.1 Å². The van der Waals surface area contributed by atoms with Crippen LogP contribution < -0.4 is 4.74 Å². The molecule has 2 aromatic carbocycles. The van der Waals surface area contributed by atoms with Gasteiger partial charge in [0.05, 0.1) is 0 Å². The molecule has 0 atom stereocenters. The Balaban J connectivity index is 1.70. The first kappa shape index (κ1) is 19.9. The molecule has 0 saturated carbocycles. The lowest BCUT2D eigenvalue weighted by Gasteiger charge is -2.15. The van der Waals surface area contributed by atoms with E-state index < -0.39 is 0 Å². The van der Waals surface area contributed by atoms with Gasteiger partial charge in [0.1, 0.15) is 18.1 Å². The molecule has 0 aliphatic rings. The first-order chi connectivity index (χ1) is 14.4. The third-order valence-corrected chi connectivity index (χ3v) is 5.27. The van der Waals surface area contributed by atoms with Crippen LogP contribution in [-0.2, 0) is 6.61 Å². The number of carbonyl (C=O) groups is 1. The van der Waals surface area contributed by atoms with Crippen LogP contribution in [0.5, 0.6) is 5.75 Å². The van der Waals surface area contributed by atoms with Crippen molar-refractivity contribution in [3.8, 4) is 16.9 Å². The summed E-state index contributed by atoms with van der Waals surface area (Å²) in [6.07, 6.45) is 1.72. The maximum absolute atomic E-state index is 12.4. The summed E-state index contributed by atoms with van der Waals surface area (Å²) in [4.78, 5) is 18.2. The monoisotopic (exact) mass is 420 g/mol. The molecule has 6 nitrogen and oxygen atoms in total. The van der Waals surface area contributed by atoms with Crippen LogP contribution in [0.1, 0.15) is 21.6 Å². The maximum Gasteiger partial charge on any atom is 0.253 e. The smallest absolute Gasteiger partial charge is 0.253 e. The van der Waals surface area contributed by atoms with Crippen LogP contribution in [0.15, 0.2) is 54.7 Å². The number of pyridine rings is 1. The third-order valence-electron chi connectivity index (χ3n) is 4.87. The molecule has 0 aliphatic carbocycles. The van der Waals surface area contributed by atoms with E-state index in [1.807, 2.05) is 49.4 Å². The maximum atomic E-state index is 12.4. The molecule has 0 spiro atoms. The van der Waals surface area contributed by atoms with Crippen molar-refractivity contribution in [3.05, 3.63) is 76.6 Å². The first-order valence-corrected chi connectivity index (χ1v) is 9.85. The summed E-state index contributed by atoms with van der Waals surface area (Å²) in [7, 11) is 3.46. The number of carbonyl (C=O) groups excluding carboxylic acids is 1. The molecule has 30 heavy (non-hydrogen) atoms. The number of benzene rings is 2. The Morgan fingerprint density at radius 2 is 2.00 bits per heavy atom. The second-order valence-corrected chi connectivity index (χ2v) is 7.64. The van der Waals surface area contributed by atoms with Gasteiger partial charge in [0.25, 0.3) is 5.91 Å². The van der Waals surface area contributed by atoms with Crippen LogP contribution in [0.2, 0.25) is 5.02 Å². The highest BCUT2D eigenvalue weighted by Crippen LogP contribution is 2.36. The fourth-order valence-electron chi connectivity index (χ4n) is 3.24. The molecule has 4 aromatic rings. The average Bonchev–Trinajstić information content (AvgIpc) is 3.17. The van der Waals surface area contributed by atoms with Crippen molar-refractivity contribution in [1.82, 2.24) is 20.1 Å². The second kappa shape index (κ2) is 8.16. The number of hydrogen-bond acceptors (Lipinski definition) is 4. The highest BCUT2D eigenvalue weighted by molar-refractivity contribution is 6.31. The number of halogens is 1. The second-order valence-electron chi connectivity index (χ2n) is 7.24. The molecule has 0 unspecified atom stereocenters. The van der Waals surface area contributed by atoms with Crippen molar-refractivity contribution in [2.24, 2.45) is 0 Å². The number of fused-ring (bicyclic) bond motifs is 1. The first-order valence-electron chi connectivity index (χ1n) is 9.47. The van der Waals surface area contributed by atoms with E-state index in [-0.39, 0.29) is 12.5 Å². The van der Waals surface area contributed by atoms with Gasteiger partial charge in [-0.1, -0.05) is 23.7 Å². The number of aromatic nitrogens is 3. The Labute approximate surface area is 179 Å². The van der Waals surface area contributed by atoms with Gasteiger partial charge < -0.3 is 9.64 Å². The number of nitrogens with one attached hydrogen (secondary N) is 1. The minimum Gasteiger partial charge on any atom is -0.487 e. The van der Waals surface area contributed by atoms with Gasteiger partial charge in [0, 0.05) is 41.8 Å². The van der Waals surface area contributed by atoms with Crippen molar-refractivity contribution < 1.29 is 9.53 Å². The molecule has 4 rings (SSSR count). The van der Waals surface area contributed by atoms with Crippen LogP contribution in [0, 0.1) is 6.92 Å². The fourth-order valence-corrected chi connectivity index (χ4v) is 3.41. The highest BCUT2D eigenvalue weighted by Gasteiger charge is 2.15. The standard InChI is InChI=1S/C23H21ClN4O2/c1-14-10-21(30-13-20-17-8-5-9-25-22(17)27-26-20)18(12-19(14)24)15-6-4-7-16(11-15)23(29)28(2)3/h4-12H,13H2,1-3H3,(H,25,26,27). The summed E-state index contributed by atoms with van der Waals surface area (Å²) in [5, 5.41) is 8.79. The van der Waals surface area contributed by atoms with Gasteiger partial charge in [0.2, 0.25) is 0 Å². The number of aromatic amines is 1. The molecule has 152 valence electrons. The molecule has 1 amide bonds. The van der Waals surface area contributed by atoms with Gasteiger partial charge in [-0.05, 0) is 54.4 Å². The Morgan fingerprint density at radius 1 is 1.17 bits per heavy atom. The average molecular weight is 421 g/mol. The number of hydrogen-bond donors (Lipinski definition) is 1. The van der Waals surface area contributed by atoms with Crippen molar-refractivity contribution in [2.45, 2.75) is 13.5 Å². The van der Waals surface area contributed by atoms with Gasteiger partial charge in [-0.3, -0.25) is 9.89 Å². The molecule has 7 heteroatoms. The minimum atomic E-state index is -0.0620. The van der Waals surface area contributed by atoms with E-state index in [4.69, 9.17) is 16.3 Å². The topological polar surface area (TPSA) is 71.1 Å². The van der Waals surface area contributed by atoms with Gasteiger partial charge >= 0.3 is 0 Å². The molecule has 0 bridgehead atoms. The number of H-pyrrole nitrogens is 1. The predicted octanol–water partition coefficient (Wildman–Crippen LogP) is 4.87. The molecule has 0 radical (unpaired) electrons. The van der Waals surface area contributed by atoms with Gasteiger partial charge in [0.15, 0.2) is 5.65 Å². The van der Waals surface area contributed by atoms with E-state index in [2.05, 4.69) is 15.2 Å². The molecule has 0 fully saturated rings. The Morgan fingerprint density at radius 3 is 2.80 bits per heavy atom. The minimum absolute atomic E-state index is 0.0620. The lowest BCUT2D eigenvalue weighted by molar-refractivity contribution is 0.0827. The number of ether oxygens (including phenoxy) is 1. The summed E-state index contributed by atoms with van der Waals surface area (Å²) >= 11 is 6.41. The quantitative estimate of drug-likeness (QED) is 0.500. The van der Waals surface area contributed by atoms with Crippen LogP contribution in [0.4, 0.5) is 0 Å².